The summed E-state index contributed by atoms with van der Waals surface area (Å²) in [6.07, 6.45) is 1.59. The second kappa shape index (κ2) is 13.1. The standard InChI is InChI=1S/C34H38N4O4/c1-34(2,3)26-12-10-25(11-13-26)30-22-28(27-7-5-6-8-29(27)36-30)33(39)37-35-23-24-9-14-31(32(21-24)40-4)42-20-17-38-15-18-41-19-16-38/h5-14,21-23H,15-20H2,1-4H3,(H,37,39)/b35-23+. The third-order valence-corrected chi connectivity index (χ3v) is 7.34. The van der Waals surface area contributed by atoms with E-state index in [4.69, 9.17) is 19.2 Å². The number of hydrogen-bond acceptors (Lipinski definition) is 7. The fourth-order valence-electron chi connectivity index (χ4n) is 4.87. The molecule has 1 amide bonds. The van der Waals surface area contributed by atoms with Gasteiger partial charge in [-0.1, -0.05) is 63.2 Å². The Hall–Kier alpha value is -4.27. The van der Waals surface area contributed by atoms with Crippen LogP contribution in [0.5, 0.6) is 11.5 Å². The summed E-state index contributed by atoms with van der Waals surface area (Å²) in [5.41, 5.74) is 7.69. The fraction of sp³-hybridized carbons (Fsp3) is 0.324. The lowest BCUT2D eigenvalue weighted by Crippen LogP contribution is -2.38. The number of morpholine rings is 1. The average molecular weight is 567 g/mol. The second-order valence-electron chi connectivity index (χ2n) is 11.3. The normalized spacial score (nSPS) is 14.3. The second-order valence-corrected chi connectivity index (χ2v) is 11.3. The van der Waals surface area contributed by atoms with Gasteiger partial charge in [-0.2, -0.15) is 5.10 Å². The number of benzene rings is 3. The van der Waals surface area contributed by atoms with Gasteiger partial charge in [0.2, 0.25) is 0 Å². The molecule has 1 N–H and O–H groups in total. The molecule has 1 saturated heterocycles. The smallest absolute Gasteiger partial charge is 0.272 e. The zero-order valence-electron chi connectivity index (χ0n) is 24.7. The Bertz CT molecular complexity index is 1550. The summed E-state index contributed by atoms with van der Waals surface area (Å²) in [5, 5.41) is 5.00. The highest BCUT2D eigenvalue weighted by Crippen LogP contribution is 2.29. The maximum atomic E-state index is 13.3. The van der Waals surface area contributed by atoms with E-state index in [1.165, 1.54) is 5.56 Å². The highest BCUT2D eigenvalue weighted by molar-refractivity contribution is 6.07. The molecule has 4 aromatic rings. The van der Waals surface area contributed by atoms with Crippen LogP contribution in [0.3, 0.4) is 0 Å². The minimum Gasteiger partial charge on any atom is -0.493 e. The summed E-state index contributed by atoms with van der Waals surface area (Å²) in [4.78, 5) is 20.5. The Morgan fingerprint density at radius 1 is 1.02 bits per heavy atom. The van der Waals surface area contributed by atoms with Crippen LogP contribution in [-0.4, -0.2) is 68.6 Å². The first kappa shape index (κ1) is 29.2. The molecule has 0 bridgehead atoms. The van der Waals surface area contributed by atoms with Crippen molar-refractivity contribution in [3.05, 3.63) is 89.5 Å². The lowest BCUT2D eigenvalue weighted by Gasteiger charge is -2.26. The molecule has 0 unspecified atom stereocenters. The molecule has 0 saturated carbocycles. The number of carbonyl (C=O) groups is 1. The minimum atomic E-state index is -0.313. The van der Waals surface area contributed by atoms with Crippen LogP contribution < -0.4 is 14.9 Å². The zero-order chi connectivity index (χ0) is 29.5. The number of methoxy groups -OCH3 is 1. The van der Waals surface area contributed by atoms with Crippen LogP contribution >= 0.6 is 0 Å². The van der Waals surface area contributed by atoms with Crippen LogP contribution in [0, 0.1) is 0 Å². The van der Waals surface area contributed by atoms with Crippen LogP contribution in [0.25, 0.3) is 22.2 Å². The van der Waals surface area contributed by atoms with E-state index in [1.54, 1.807) is 13.3 Å². The lowest BCUT2D eigenvalue weighted by atomic mass is 9.86. The Labute approximate surface area is 247 Å². The number of pyridine rings is 1. The number of carbonyl (C=O) groups excluding carboxylic acids is 1. The largest absolute Gasteiger partial charge is 0.493 e. The molecular weight excluding hydrogens is 528 g/mol. The molecule has 1 aliphatic rings. The molecule has 3 aromatic carbocycles. The molecule has 0 radical (unpaired) electrons. The molecule has 1 fully saturated rings. The van der Waals surface area contributed by atoms with E-state index in [-0.39, 0.29) is 11.3 Å². The third kappa shape index (κ3) is 7.13. The molecule has 0 atom stereocenters. The van der Waals surface area contributed by atoms with Gasteiger partial charge in [-0.3, -0.25) is 9.69 Å². The van der Waals surface area contributed by atoms with Crippen molar-refractivity contribution in [2.75, 3.05) is 46.6 Å². The van der Waals surface area contributed by atoms with Gasteiger partial charge < -0.3 is 14.2 Å². The van der Waals surface area contributed by atoms with E-state index in [2.05, 4.69) is 60.5 Å². The van der Waals surface area contributed by atoms with Crippen LogP contribution in [0.4, 0.5) is 0 Å². The van der Waals surface area contributed by atoms with E-state index in [1.807, 2.05) is 48.5 Å². The summed E-state index contributed by atoms with van der Waals surface area (Å²) < 4.78 is 16.9. The molecule has 5 rings (SSSR count). The molecule has 218 valence electrons. The number of nitrogens with one attached hydrogen (secondary N) is 1. The van der Waals surface area contributed by atoms with E-state index in [0.717, 1.165) is 60.6 Å². The molecule has 1 aromatic heterocycles. The third-order valence-electron chi connectivity index (χ3n) is 7.34. The van der Waals surface area contributed by atoms with Crippen molar-refractivity contribution in [3.63, 3.8) is 0 Å². The molecule has 42 heavy (non-hydrogen) atoms. The van der Waals surface area contributed by atoms with Crippen molar-refractivity contribution in [2.45, 2.75) is 26.2 Å². The van der Waals surface area contributed by atoms with E-state index >= 15 is 0 Å². The summed E-state index contributed by atoms with van der Waals surface area (Å²) >= 11 is 0. The highest BCUT2D eigenvalue weighted by atomic mass is 16.5. The monoisotopic (exact) mass is 566 g/mol. The SMILES string of the molecule is COc1cc(/C=N/NC(=O)c2cc(-c3ccc(C(C)(C)C)cc3)nc3ccccc23)ccc1OCCN1CCOCC1. The van der Waals surface area contributed by atoms with E-state index in [0.29, 0.717) is 23.7 Å². The first-order valence-electron chi connectivity index (χ1n) is 14.3. The molecule has 2 heterocycles. The zero-order valence-corrected chi connectivity index (χ0v) is 24.7. The van der Waals surface area contributed by atoms with E-state index in [9.17, 15) is 4.79 Å². The Morgan fingerprint density at radius 2 is 1.79 bits per heavy atom. The molecular formula is C34H38N4O4. The van der Waals surface area contributed by atoms with E-state index < -0.39 is 0 Å². The van der Waals surface area contributed by atoms with Crippen molar-refractivity contribution < 1.29 is 19.0 Å². The summed E-state index contributed by atoms with van der Waals surface area (Å²) in [6.45, 7) is 11.3. The summed E-state index contributed by atoms with van der Waals surface area (Å²) in [5.74, 6) is 0.959. The van der Waals surface area contributed by atoms with Crippen molar-refractivity contribution in [1.82, 2.24) is 15.3 Å². The van der Waals surface area contributed by atoms with Gasteiger partial charge in [0, 0.05) is 30.6 Å². The van der Waals surface area contributed by atoms with Gasteiger partial charge in [-0.15, -0.1) is 0 Å². The van der Waals surface area contributed by atoms with Crippen molar-refractivity contribution in [1.29, 1.82) is 0 Å². The Balaban J connectivity index is 1.28. The maximum Gasteiger partial charge on any atom is 0.272 e. The number of hydrazone groups is 1. The van der Waals surface area contributed by atoms with Gasteiger partial charge in [-0.05, 0) is 46.9 Å². The topological polar surface area (TPSA) is 85.3 Å². The van der Waals surface area contributed by atoms with Crippen molar-refractivity contribution in [3.8, 4) is 22.8 Å². The number of amides is 1. The van der Waals surface area contributed by atoms with Crippen molar-refractivity contribution >= 4 is 23.0 Å². The first-order chi connectivity index (χ1) is 20.3. The van der Waals surface area contributed by atoms with Gasteiger partial charge in [-0.25, -0.2) is 10.4 Å². The number of rotatable bonds is 9. The number of nitrogens with zero attached hydrogens (tertiary/aromatic N) is 3. The fourth-order valence-corrected chi connectivity index (χ4v) is 4.87. The quantitative estimate of drug-likeness (QED) is 0.207. The summed E-state index contributed by atoms with van der Waals surface area (Å²) in [7, 11) is 1.61. The van der Waals surface area contributed by atoms with Crippen LogP contribution in [0.15, 0.2) is 77.9 Å². The van der Waals surface area contributed by atoms with Gasteiger partial charge in [0.05, 0.1) is 43.3 Å². The van der Waals surface area contributed by atoms with Gasteiger partial charge >= 0.3 is 0 Å². The average Bonchev–Trinajstić information content (AvgIpc) is 3.01. The van der Waals surface area contributed by atoms with Crippen LogP contribution in [0.1, 0.15) is 42.3 Å². The Kier molecular flexibility index (Phi) is 9.15. The van der Waals surface area contributed by atoms with Gasteiger partial charge in [0.25, 0.3) is 5.91 Å². The molecule has 8 nitrogen and oxygen atoms in total. The number of hydrogen-bond donors (Lipinski definition) is 1. The predicted octanol–water partition coefficient (Wildman–Crippen LogP) is 5.68. The summed E-state index contributed by atoms with van der Waals surface area (Å²) in [6, 6.07) is 23.4. The van der Waals surface area contributed by atoms with Crippen LogP contribution in [0.2, 0.25) is 0 Å². The minimum absolute atomic E-state index is 0.0544. The van der Waals surface area contributed by atoms with Crippen molar-refractivity contribution in [2.24, 2.45) is 5.10 Å². The lowest BCUT2D eigenvalue weighted by molar-refractivity contribution is 0.0321. The molecule has 1 aliphatic heterocycles. The molecule has 8 heteroatoms. The van der Waals surface area contributed by atoms with Gasteiger partial charge in [0.1, 0.15) is 6.61 Å². The van der Waals surface area contributed by atoms with Crippen LogP contribution in [-0.2, 0) is 10.2 Å². The highest BCUT2D eigenvalue weighted by Gasteiger charge is 2.16. The van der Waals surface area contributed by atoms with Gasteiger partial charge in [0.15, 0.2) is 11.5 Å². The Morgan fingerprint density at radius 3 is 2.52 bits per heavy atom. The number of ether oxygens (including phenoxy) is 3. The molecule has 0 aliphatic carbocycles. The number of fused-ring (bicyclic) bond motifs is 1. The number of para-hydroxylation sites is 1. The molecule has 0 spiro atoms. The predicted molar refractivity (Wildman–Crippen MR) is 167 cm³/mol. The first-order valence-corrected chi connectivity index (χ1v) is 14.3. The number of aromatic nitrogens is 1. The maximum absolute atomic E-state index is 13.3.